The maximum absolute atomic E-state index is 5.87. The molecule has 0 amide bonds. The van der Waals surface area contributed by atoms with Gasteiger partial charge in [0.2, 0.25) is 0 Å². The molecule has 0 aliphatic carbocycles. The van der Waals surface area contributed by atoms with E-state index in [4.69, 9.17) is 4.74 Å². The number of piperidine rings is 1. The van der Waals surface area contributed by atoms with Crippen LogP contribution in [0.4, 0.5) is 0 Å². The predicted molar refractivity (Wildman–Crippen MR) is 83.2 cm³/mol. The molecule has 0 spiro atoms. The molecule has 2 fully saturated rings. The van der Waals surface area contributed by atoms with Crippen molar-refractivity contribution in [1.82, 2.24) is 9.88 Å². The second kappa shape index (κ2) is 6.86. The highest BCUT2D eigenvalue weighted by Gasteiger charge is 2.33. The lowest BCUT2D eigenvalue weighted by atomic mass is 10.0. The van der Waals surface area contributed by atoms with E-state index < -0.39 is 0 Å². The van der Waals surface area contributed by atoms with Gasteiger partial charge in [0.1, 0.15) is 25.3 Å². The predicted octanol–water partition coefficient (Wildman–Crippen LogP) is 0.738. The fourth-order valence-corrected chi connectivity index (χ4v) is 3.89. The summed E-state index contributed by atoms with van der Waals surface area (Å²) in [4.78, 5) is 8.44. The van der Waals surface area contributed by atoms with E-state index in [1.807, 2.05) is 12.4 Å². The summed E-state index contributed by atoms with van der Waals surface area (Å²) in [6, 6.07) is 5.08. The van der Waals surface area contributed by atoms with Crippen molar-refractivity contribution in [3.63, 3.8) is 0 Å². The Morgan fingerprint density at radius 3 is 2.38 bits per heavy atom. The Labute approximate surface area is 128 Å². The van der Waals surface area contributed by atoms with Gasteiger partial charge in [0.05, 0.1) is 6.04 Å². The average Bonchev–Trinajstić information content (AvgIpc) is 2.48. The molecule has 116 valence electrons. The fourth-order valence-electron chi connectivity index (χ4n) is 3.89. The number of hydrogen-bond donors (Lipinski definition) is 1. The lowest BCUT2D eigenvalue weighted by Crippen LogP contribution is -3.19. The molecule has 0 radical (unpaired) electrons. The van der Waals surface area contributed by atoms with Gasteiger partial charge in [0, 0.05) is 44.9 Å². The van der Waals surface area contributed by atoms with Gasteiger partial charge in [0.25, 0.3) is 0 Å². The summed E-state index contributed by atoms with van der Waals surface area (Å²) in [5.41, 5.74) is 1.38. The molecule has 3 heterocycles. The summed E-state index contributed by atoms with van der Waals surface area (Å²) >= 11 is 0. The van der Waals surface area contributed by atoms with Crippen LogP contribution in [0.25, 0.3) is 0 Å². The second-order valence-electron chi connectivity index (χ2n) is 6.73. The van der Waals surface area contributed by atoms with Crippen molar-refractivity contribution < 1.29 is 9.64 Å². The molecule has 4 nitrogen and oxygen atoms in total. The molecule has 0 bridgehead atoms. The zero-order valence-electron chi connectivity index (χ0n) is 13.3. The monoisotopic (exact) mass is 290 g/mol. The Balaban J connectivity index is 1.48. The Bertz CT molecular complexity index is 421. The van der Waals surface area contributed by atoms with Crippen molar-refractivity contribution in [3.8, 4) is 0 Å². The molecule has 3 rings (SSSR count). The zero-order valence-corrected chi connectivity index (χ0v) is 13.3. The zero-order chi connectivity index (χ0) is 14.7. The molecule has 2 aliphatic heterocycles. The lowest BCUT2D eigenvalue weighted by molar-refractivity contribution is -0.940. The second-order valence-corrected chi connectivity index (χ2v) is 6.73. The standard InChI is InChI=1S/C17H27N3O/c1-14-11-20(12-15(2)21-14)17-5-9-19(10-6-17)13-16-3-7-18-8-4-16/h3-4,7-8,14-15,17H,5-6,9-13H2,1-2H3/p+1. The van der Waals surface area contributed by atoms with E-state index in [0.717, 1.165) is 12.6 Å². The largest absolute Gasteiger partial charge is 0.364 e. The van der Waals surface area contributed by atoms with Gasteiger partial charge >= 0.3 is 0 Å². The van der Waals surface area contributed by atoms with Gasteiger partial charge in [0.15, 0.2) is 0 Å². The molecular formula is C17H28N3O+. The highest BCUT2D eigenvalue weighted by atomic mass is 16.5. The molecule has 0 aromatic carbocycles. The SMILES string of the molecule is CC1C[NH+](C2CCN(Cc3ccncc3)CC2)CC(C)O1. The van der Waals surface area contributed by atoms with Gasteiger partial charge in [-0.15, -0.1) is 0 Å². The van der Waals surface area contributed by atoms with Crippen LogP contribution < -0.4 is 4.90 Å². The summed E-state index contributed by atoms with van der Waals surface area (Å²) in [6.07, 6.45) is 7.25. The number of nitrogens with one attached hydrogen (secondary N) is 1. The number of rotatable bonds is 3. The van der Waals surface area contributed by atoms with E-state index in [1.54, 1.807) is 4.90 Å². The number of quaternary nitrogens is 1. The van der Waals surface area contributed by atoms with Crippen LogP contribution in [0.5, 0.6) is 0 Å². The van der Waals surface area contributed by atoms with Crippen LogP contribution in [0.15, 0.2) is 24.5 Å². The van der Waals surface area contributed by atoms with Crippen LogP contribution in [-0.4, -0.2) is 54.3 Å². The van der Waals surface area contributed by atoms with Crippen LogP contribution in [0.2, 0.25) is 0 Å². The molecule has 1 N–H and O–H groups in total. The maximum Gasteiger partial charge on any atom is 0.104 e. The maximum atomic E-state index is 5.87. The lowest BCUT2D eigenvalue weighted by Gasteiger charge is -2.41. The van der Waals surface area contributed by atoms with Gasteiger partial charge in [-0.3, -0.25) is 9.88 Å². The van der Waals surface area contributed by atoms with Crippen LogP contribution in [0, 0.1) is 0 Å². The van der Waals surface area contributed by atoms with E-state index in [-0.39, 0.29) is 0 Å². The van der Waals surface area contributed by atoms with Gasteiger partial charge in [-0.2, -0.15) is 0 Å². The van der Waals surface area contributed by atoms with Crippen LogP contribution in [0.1, 0.15) is 32.3 Å². The first kappa shape index (κ1) is 14.9. The van der Waals surface area contributed by atoms with Gasteiger partial charge in [-0.25, -0.2) is 0 Å². The minimum absolute atomic E-state index is 0.415. The Hall–Kier alpha value is -0.970. The van der Waals surface area contributed by atoms with Crippen molar-refractivity contribution in [1.29, 1.82) is 0 Å². The number of nitrogens with zero attached hydrogens (tertiary/aromatic N) is 2. The Morgan fingerprint density at radius 2 is 1.76 bits per heavy atom. The Morgan fingerprint density at radius 1 is 1.14 bits per heavy atom. The van der Waals surface area contributed by atoms with Gasteiger partial charge in [-0.1, -0.05) is 0 Å². The highest BCUT2D eigenvalue weighted by molar-refractivity contribution is 5.09. The third-order valence-corrected chi connectivity index (χ3v) is 4.88. The molecule has 1 aromatic rings. The molecule has 21 heavy (non-hydrogen) atoms. The number of pyridine rings is 1. The summed E-state index contributed by atoms with van der Waals surface area (Å²) in [6.45, 7) is 10.3. The van der Waals surface area contributed by atoms with Gasteiger partial charge < -0.3 is 9.64 Å². The van der Waals surface area contributed by atoms with E-state index in [2.05, 4.69) is 35.9 Å². The number of aromatic nitrogens is 1. The van der Waals surface area contributed by atoms with Crippen LogP contribution in [0.3, 0.4) is 0 Å². The minimum Gasteiger partial charge on any atom is -0.364 e. The van der Waals surface area contributed by atoms with Crippen molar-refractivity contribution in [2.24, 2.45) is 0 Å². The number of hydrogen-bond acceptors (Lipinski definition) is 3. The molecular weight excluding hydrogens is 262 g/mol. The average molecular weight is 290 g/mol. The van der Waals surface area contributed by atoms with Crippen molar-refractivity contribution >= 4 is 0 Å². The minimum atomic E-state index is 0.415. The van der Waals surface area contributed by atoms with E-state index in [1.165, 1.54) is 44.6 Å². The molecule has 0 saturated carbocycles. The number of ether oxygens (including phenoxy) is 1. The summed E-state index contributed by atoms with van der Waals surface area (Å²) in [7, 11) is 0. The summed E-state index contributed by atoms with van der Waals surface area (Å²) in [5.74, 6) is 0. The first-order chi connectivity index (χ1) is 10.2. The van der Waals surface area contributed by atoms with E-state index >= 15 is 0 Å². The van der Waals surface area contributed by atoms with E-state index in [0.29, 0.717) is 12.2 Å². The fraction of sp³-hybridized carbons (Fsp3) is 0.706. The first-order valence-corrected chi connectivity index (χ1v) is 8.32. The van der Waals surface area contributed by atoms with Crippen LogP contribution >= 0.6 is 0 Å². The van der Waals surface area contributed by atoms with Crippen molar-refractivity contribution in [2.75, 3.05) is 26.2 Å². The highest BCUT2D eigenvalue weighted by Crippen LogP contribution is 2.13. The smallest absolute Gasteiger partial charge is 0.104 e. The van der Waals surface area contributed by atoms with Crippen LogP contribution in [-0.2, 0) is 11.3 Å². The topological polar surface area (TPSA) is 29.8 Å². The third kappa shape index (κ3) is 4.02. The van der Waals surface area contributed by atoms with E-state index in [9.17, 15) is 0 Å². The van der Waals surface area contributed by atoms with Crippen molar-refractivity contribution in [2.45, 2.75) is 51.5 Å². The summed E-state index contributed by atoms with van der Waals surface area (Å²) < 4.78 is 5.87. The number of likely N-dealkylation sites (tertiary alicyclic amines) is 1. The molecule has 2 aliphatic rings. The first-order valence-electron chi connectivity index (χ1n) is 8.32. The van der Waals surface area contributed by atoms with Gasteiger partial charge in [-0.05, 0) is 31.5 Å². The number of morpholine rings is 1. The molecule has 2 atom stereocenters. The summed E-state index contributed by atoms with van der Waals surface area (Å²) in [5, 5.41) is 0. The quantitative estimate of drug-likeness (QED) is 0.890. The Kier molecular flexibility index (Phi) is 4.88. The molecule has 1 aromatic heterocycles. The molecule has 2 saturated heterocycles. The normalized spacial score (nSPS) is 32.2. The molecule has 2 unspecified atom stereocenters. The molecule has 4 heteroatoms. The van der Waals surface area contributed by atoms with Crippen molar-refractivity contribution in [3.05, 3.63) is 30.1 Å². The third-order valence-electron chi connectivity index (χ3n) is 4.88.